The topological polar surface area (TPSA) is 107 Å². The Bertz CT molecular complexity index is 1030. The van der Waals surface area contributed by atoms with E-state index in [9.17, 15) is 14.9 Å². The lowest BCUT2D eigenvalue weighted by molar-refractivity contribution is -0.385. The molecule has 0 aliphatic heterocycles. The van der Waals surface area contributed by atoms with Gasteiger partial charge in [-0.1, -0.05) is 40.2 Å². The highest BCUT2D eigenvalue weighted by molar-refractivity contribution is 9.10. The number of nitro benzene ring substituents is 1. The summed E-state index contributed by atoms with van der Waals surface area (Å²) < 4.78 is 11.8. The van der Waals surface area contributed by atoms with Crippen LogP contribution >= 0.6 is 15.9 Å². The molecule has 28 heavy (non-hydrogen) atoms. The van der Waals surface area contributed by atoms with Gasteiger partial charge in [0.1, 0.15) is 11.5 Å². The predicted octanol–water partition coefficient (Wildman–Crippen LogP) is 4.15. The van der Waals surface area contributed by atoms with E-state index in [1.54, 1.807) is 18.2 Å². The number of halogens is 1. The van der Waals surface area contributed by atoms with Crippen LogP contribution in [-0.4, -0.2) is 23.7 Å². The molecule has 0 spiro atoms. The molecule has 3 aromatic rings. The lowest BCUT2D eigenvalue weighted by Crippen LogP contribution is -2.24. The number of ether oxygens (including phenoxy) is 1. The van der Waals surface area contributed by atoms with Gasteiger partial charge in [0.2, 0.25) is 0 Å². The molecule has 2 aromatic carbocycles. The minimum Gasteiger partial charge on any atom is -0.477 e. The van der Waals surface area contributed by atoms with Gasteiger partial charge in [-0.15, -0.1) is 0 Å². The maximum Gasteiger partial charge on any atom is 0.310 e. The first-order chi connectivity index (χ1) is 13.5. The summed E-state index contributed by atoms with van der Waals surface area (Å²) >= 11 is 3.40. The van der Waals surface area contributed by atoms with E-state index in [1.807, 2.05) is 24.3 Å². The molecular formula is C19H14BrN3O5. The molecule has 1 aromatic heterocycles. The van der Waals surface area contributed by atoms with Crippen molar-refractivity contribution in [2.45, 2.75) is 0 Å². The summed E-state index contributed by atoms with van der Waals surface area (Å²) in [5.41, 5.74) is 2.96. The first kappa shape index (κ1) is 19.3. The summed E-state index contributed by atoms with van der Waals surface area (Å²) in [6.07, 6.45) is 1.35. The van der Waals surface area contributed by atoms with Crippen LogP contribution in [0.4, 0.5) is 5.69 Å². The number of carbonyl (C=O) groups is 1. The van der Waals surface area contributed by atoms with E-state index in [2.05, 4.69) is 26.5 Å². The fourth-order valence-electron chi connectivity index (χ4n) is 2.29. The van der Waals surface area contributed by atoms with E-state index in [0.29, 0.717) is 11.5 Å². The number of nitrogens with one attached hydrogen (secondary N) is 1. The SMILES string of the molecule is O=C(COc1ccccc1[N+](=O)[O-])N/N=C/c1ccc(-c2cccc(Br)c2)o1. The molecule has 8 nitrogen and oxygen atoms in total. The van der Waals surface area contributed by atoms with Gasteiger partial charge in [-0.3, -0.25) is 14.9 Å². The van der Waals surface area contributed by atoms with Gasteiger partial charge in [0.15, 0.2) is 12.4 Å². The Balaban J connectivity index is 1.54. The van der Waals surface area contributed by atoms with Crippen LogP contribution < -0.4 is 10.2 Å². The number of hydrogen-bond donors (Lipinski definition) is 1. The predicted molar refractivity (Wildman–Crippen MR) is 106 cm³/mol. The molecule has 1 heterocycles. The summed E-state index contributed by atoms with van der Waals surface area (Å²) in [6.45, 7) is -0.413. The third-order valence-corrected chi connectivity index (χ3v) is 4.03. The van der Waals surface area contributed by atoms with Crippen molar-refractivity contribution in [3.05, 3.63) is 81.0 Å². The molecule has 1 amide bonds. The Kier molecular flexibility index (Phi) is 6.18. The first-order valence-corrected chi connectivity index (χ1v) is 8.86. The number of hydrogen-bond acceptors (Lipinski definition) is 6. The standard InChI is InChI=1S/C19H14BrN3O5/c20-14-5-3-4-13(10-14)17-9-8-15(28-17)11-21-22-19(24)12-27-18-7-2-1-6-16(18)23(25)26/h1-11H,12H2,(H,22,24)/b21-11+. The molecule has 0 saturated carbocycles. The molecule has 142 valence electrons. The number of benzene rings is 2. The Labute approximate surface area is 168 Å². The molecule has 0 saturated heterocycles. The maximum atomic E-state index is 11.8. The van der Waals surface area contributed by atoms with Crippen LogP contribution in [-0.2, 0) is 4.79 Å². The van der Waals surface area contributed by atoms with Gasteiger partial charge >= 0.3 is 5.69 Å². The molecule has 0 fully saturated rings. The Morgan fingerprint density at radius 3 is 2.82 bits per heavy atom. The maximum absolute atomic E-state index is 11.8. The fourth-order valence-corrected chi connectivity index (χ4v) is 2.69. The minimum absolute atomic E-state index is 0.0105. The van der Waals surface area contributed by atoms with E-state index >= 15 is 0 Å². The molecule has 0 bridgehead atoms. The van der Waals surface area contributed by atoms with Gasteiger partial charge in [0, 0.05) is 16.1 Å². The normalized spacial score (nSPS) is 10.8. The van der Waals surface area contributed by atoms with Crippen LogP contribution in [0, 0.1) is 10.1 Å². The van der Waals surface area contributed by atoms with E-state index < -0.39 is 17.4 Å². The monoisotopic (exact) mass is 443 g/mol. The number of hydrazone groups is 1. The zero-order valence-corrected chi connectivity index (χ0v) is 16.0. The van der Waals surface area contributed by atoms with Crippen LogP contribution in [0.15, 0.2) is 74.7 Å². The second-order valence-electron chi connectivity index (χ2n) is 5.52. The number of nitrogens with zero attached hydrogens (tertiary/aromatic N) is 2. The molecule has 1 N–H and O–H groups in total. The molecule has 9 heteroatoms. The molecule has 3 rings (SSSR count). The molecular weight excluding hydrogens is 430 g/mol. The Morgan fingerprint density at radius 2 is 2.04 bits per heavy atom. The highest BCUT2D eigenvalue weighted by Crippen LogP contribution is 2.26. The van der Waals surface area contributed by atoms with Crippen molar-refractivity contribution in [1.82, 2.24) is 5.43 Å². The van der Waals surface area contributed by atoms with Gasteiger partial charge in [0.05, 0.1) is 11.1 Å². The van der Waals surface area contributed by atoms with Crippen LogP contribution in [0.3, 0.4) is 0 Å². The summed E-state index contributed by atoms with van der Waals surface area (Å²) in [7, 11) is 0. The number of furan rings is 1. The molecule has 0 atom stereocenters. The lowest BCUT2D eigenvalue weighted by Gasteiger charge is -2.05. The molecule has 0 radical (unpaired) electrons. The molecule has 0 unspecified atom stereocenters. The second kappa shape index (κ2) is 8.96. The minimum atomic E-state index is -0.578. The van der Waals surface area contributed by atoms with E-state index in [4.69, 9.17) is 9.15 Å². The van der Waals surface area contributed by atoms with Crippen molar-refractivity contribution >= 4 is 33.7 Å². The number of nitro groups is 1. The van der Waals surface area contributed by atoms with Crippen molar-refractivity contribution in [3.63, 3.8) is 0 Å². The number of amides is 1. The number of rotatable bonds is 7. The van der Waals surface area contributed by atoms with Gasteiger partial charge < -0.3 is 9.15 Å². The quantitative estimate of drug-likeness (QED) is 0.335. The third-order valence-electron chi connectivity index (χ3n) is 3.54. The van der Waals surface area contributed by atoms with E-state index in [0.717, 1.165) is 10.0 Å². The molecule has 0 aliphatic rings. The average molecular weight is 444 g/mol. The number of para-hydroxylation sites is 2. The zero-order chi connectivity index (χ0) is 19.9. The highest BCUT2D eigenvalue weighted by atomic mass is 79.9. The van der Waals surface area contributed by atoms with E-state index in [1.165, 1.54) is 24.4 Å². The highest BCUT2D eigenvalue weighted by Gasteiger charge is 2.14. The van der Waals surface area contributed by atoms with Crippen LogP contribution in [0.5, 0.6) is 5.75 Å². The van der Waals surface area contributed by atoms with Crippen molar-refractivity contribution in [1.29, 1.82) is 0 Å². The van der Waals surface area contributed by atoms with Crippen LogP contribution in [0.1, 0.15) is 5.76 Å². The fraction of sp³-hybridized carbons (Fsp3) is 0.0526. The van der Waals surface area contributed by atoms with Crippen molar-refractivity contribution in [2.75, 3.05) is 6.61 Å². The Hall–Kier alpha value is -3.46. The summed E-state index contributed by atoms with van der Waals surface area (Å²) in [5, 5.41) is 14.7. The average Bonchev–Trinajstić information content (AvgIpc) is 3.15. The van der Waals surface area contributed by atoms with Gasteiger partial charge in [-0.05, 0) is 30.3 Å². The molecule has 0 aliphatic carbocycles. The summed E-state index contributed by atoms with van der Waals surface area (Å²) in [5.74, 6) is 0.563. The van der Waals surface area contributed by atoms with Crippen LogP contribution in [0.25, 0.3) is 11.3 Å². The first-order valence-electron chi connectivity index (χ1n) is 8.07. The lowest BCUT2D eigenvalue weighted by atomic mass is 10.2. The van der Waals surface area contributed by atoms with Crippen molar-refractivity contribution < 1.29 is 18.9 Å². The van der Waals surface area contributed by atoms with Crippen LogP contribution in [0.2, 0.25) is 0 Å². The second-order valence-corrected chi connectivity index (χ2v) is 6.43. The van der Waals surface area contributed by atoms with Gasteiger partial charge in [-0.2, -0.15) is 5.10 Å². The van der Waals surface area contributed by atoms with Gasteiger partial charge in [-0.25, -0.2) is 5.43 Å². The largest absolute Gasteiger partial charge is 0.477 e. The number of carbonyl (C=O) groups excluding carboxylic acids is 1. The van der Waals surface area contributed by atoms with Crippen molar-refractivity contribution in [3.8, 4) is 17.1 Å². The van der Waals surface area contributed by atoms with Crippen molar-refractivity contribution in [2.24, 2.45) is 5.10 Å². The van der Waals surface area contributed by atoms with E-state index in [-0.39, 0.29) is 11.4 Å². The summed E-state index contributed by atoms with van der Waals surface area (Å²) in [4.78, 5) is 22.1. The smallest absolute Gasteiger partial charge is 0.310 e. The zero-order valence-electron chi connectivity index (χ0n) is 14.4. The third kappa shape index (κ3) is 5.04. The summed E-state index contributed by atoms with van der Waals surface area (Å²) in [6, 6.07) is 17.0. The Morgan fingerprint density at radius 1 is 1.21 bits per heavy atom. The van der Waals surface area contributed by atoms with Gasteiger partial charge in [0.25, 0.3) is 5.91 Å².